The fourth-order valence-electron chi connectivity index (χ4n) is 1.10. The first-order chi connectivity index (χ1) is 8.26. The summed E-state index contributed by atoms with van der Waals surface area (Å²) in [5, 5.41) is 3.65. The molecule has 0 unspecified atom stereocenters. The van der Waals surface area contributed by atoms with Crippen molar-refractivity contribution in [2.24, 2.45) is 5.16 Å². The SMILES string of the molecule is CC.CO/N=C(/C)OCc1cccc(OC)c1. The molecule has 0 amide bonds. The topological polar surface area (TPSA) is 40.0 Å². The number of hydrogen-bond donors (Lipinski definition) is 0. The average molecular weight is 239 g/mol. The highest BCUT2D eigenvalue weighted by Crippen LogP contribution is 2.13. The lowest BCUT2D eigenvalue weighted by atomic mass is 10.2. The summed E-state index contributed by atoms with van der Waals surface area (Å²) in [6, 6.07) is 7.68. The van der Waals surface area contributed by atoms with Crippen LogP contribution in [0, 0.1) is 0 Å². The van der Waals surface area contributed by atoms with Gasteiger partial charge in [-0.1, -0.05) is 31.1 Å². The first-order valence-corrected chi connectivity index (χ1v) is 5.59. The van der Waals surface area contributed by atoms with E-state index in [1.807, 2.05) is 38.1 Å². The molecule has 0 saturated heterocycles. The maximum Gasteiger partial charge on any atom is 0.222 e. The molecule has 0 fully saturated rings. The van der Waals surface area contributed by atoms with E-state index in [1.54, 1.807) is 14.0 Å². The van der Waals surface area contributed by atoms with E-state index in [4.69, 9.17) is 9.47 Å². The van der Waals surface area contributed by atoms with Gasteiger partial charge in [0.05, 0.1) is 7.11 Å². The summed E-state index contributed by atoms with van der Waals surface area (Å²) < 4.78 is 10.4. The zero-order chi connectivity index (χ0) is 13.1. The number of benzene rings is 1. The number of hydrogen-bond acceptors (Lipinski definition) is 4. The molecular weight excluding hydrogens is 218 g/mol. The smallest absolute Gasteiger partial charge is 0.222 e. The minimum atomic E-state index is 0.454. The Kier molecular flexibility index (Phi) is 8.55. The average Bonchev–Trinajstić information content (AvgIpc) is 2.39. The van der Waals surface area contributed by atoms with Crippen LogP contribution in [0.5, 0.6) is 5.75 Å². The normalized spacial score (nSPS) is 10.1. The minimum absolute atomic E-state index is 0.454. The van der Waals surface area contributed by atoms with Gasteiger partial charge in [0.2, 0.25) is 5.90 Å². The molecule has 0 aliphatic carbocycles. The van der Waals surface area contributed by atoms with Crippen LogP contribution in [0.15, 0.2) is 29.4 Å². The molecule has 1 rings (SSSR count). The molecule has 0 N–H and O–H groups in total. The number of methoxy groups -OCH3 is 1. The molecule has 0 aromatic heterocycles. The molecule has 0 saturated carbocycles. The Balaban J connectivity index is 0.00000121. The van der Waals surface area contributed by atoms with Crippen molar-refractivity contribution in [3.63, 3.8) is 0 Å². The Morgan fingerprint density at radius 2 is 1.94 bits per heavy atom. The molecule has 1 aromatic carbocycles. The molecule has 17 heavy (non-hydrogen) atoms. The molecule has 0 atom stereocenters. The van der Waals surface area contributed by atoms with Gasteiger partial charge in [-0.2, -0.15) is 0 Å². The van der Waals surface area contributed by atoms with E-state index < -0.39 is 0 Å². The maximum atomic E-state index is 5.34. The lowest BCUT2D eigenvalue weighted by Gasteiger charge is -2.06. The van der Waals surface area contributed by atoms with Crippen LogP contribution in [0.2, 0.25) is 0 Å². The Hall–Kier alpha value is -1.71. The molecule has 0 heterocycles. The van der Waals surface area contributed by atoms with E-state index in [-0.39, 0.29) is 0 Å². The van der Waals surface area contributed by atoms with Crippen LogP contribution < -0.4 is 4.74 Å². The molecule has 0 radical (unpaired) electrons. The monoisotopic (exact) mass is 239 g/mol. The molecule has 1 aromatic rings. The molecule has 0 bridgehead atoms. The quantitative estimate of drug-likeness (QED) is 0.460. The third-order valence-electron chi connectivity index (χ3n) is 1.80. The summed E-state index contributed by atoms with van der Waals surface area (Å²) in [5.41, 5.74) is 1.03. The summed E-state index contributed by atoms with van der Waals surface area (Å²) in [7, 11) is 3.12. The molecule has 4 heteroatoms. The van der Waals surface area contributed by atoms with Crippen LogP contribution in [0.3, 0.4) is 0 Å². The number of oxime groups is 1. The minimum Gasteiger partial charge on any atom is -0.497 e. The van der Waals surface area contributed by atoms with Crippen molar-refractivity contribution in [2.45, 2.75) is 27.4 Å². The predicted molar refractivity (Wildman–Crippen MR) is 69.2 cm³/mol. The van der Waals surface area contributed by atoms with Crippen LogP contribution in [-0.2, 0) is 16.2 Å². The predicted octanol–water partition coefficient (Wildman–Crippen LogP) is 3.22. The molecule has 96 valence electrons. The van der Waals surface area contributed by atoms with Gasteiger partial charge in [0.15, 0.2) is 0 Å². The second kappa shape index (κ2) is 9.51. The first kappa shape index (κ1) is 15.3. The van der Waals surface area contributed by atoms with Crippen molar-refractivity contribution < 1.29 is 14.3 Å². The van der Waals surface area contributed by atoms with Gasteiger partial charge < -0.3 is 14.3 Å². The van der Waals surface area contributed by atoms with Gasteiger partial charge in [-0.15, -0.1) is 0 Å². The van der Waals surface area contributed by atoms with E-state index in [0.29, 0.717) is 12.5 Å². The van der Waals surface area contributed by atoms with Gasteiger partial charge in [-0.05, 0) is 17.7 Å². The van der Waals surface area contributed by atoms with E-state index in [2.05, 4.69) is 9.99 Å². The maximum absolute atomic E-state index is 5.34. The van der Waals surface area contributed by atoms with Crippen molar-refractivity contribution in [3.8, 4) is 5.75 Å². The fraction of sp³-hybridized carbons (Fsp3) is 0.462. The number of nitrogens with zero attached hydrogens (tertiary/aromatic N) is 1. The van der Waals surface area contributed by atoms with Gasteiger partial charge in [0.1, 0.15) is 19.5 Å². The summed E-state index contributed by atoms with van der Waals surface area (Å²) in [4.78, 5) is 4.58. The van der Waals surface area contributed by atoms with Crippen molar-refractivity contribution in [2.75, 3.05) is 14.2 Å². The number of ether oxygens (including phenoxy) is 2. The van der Waals surface area contributed by atoms with Crippen molar-refractivity contribution in [1.82, 2.24) is 0 Å². The Labute approximate surface area is 103 Å². The summed E-state index contributed by atoms with van der Waals surface area (Å²) in [5.74, 6) is 1.32. The number of rotatable bonds is 4. The van der Waals surface area contributed by atoms with E-state index in [1.165, 1.54) is 7.11 Å². The van der Waals surface area contributed by atoms with Crippen LogP contribution in [0.25, 0.3) is 0 Å². The van der Waals surface area contributed by atoms with Crippen molar-refractivity contribution >= 4 is 5.90 Å². The van der Waals surface area contributed by atoms with Gasteiger partial charge in [0, 0.05) is 6.92 Å². The van der Waals surface area contributed by atoms with Crippen molar-refractivity contribution in [1.29, 1.82) is 0 Å². The largest absolute Gasteiger partial charge is 0.497 e. The zero-order valence-electron chi connectivity index (χ0n) is 11.2. The second-order valence-corrected chi connectivity index (χ2v) is 2.93. The summed E-state index contributed by atoms with van der Waals surface area (Å²) >= 11 is 0. The van der Waals surface area contributed by atoms with Crippen LogP contribution in [0.4, 0.5) is 0 Å². The van der Waals surface area contributed by atoms with Crippen LogP contribution in [0.1, 0.15) is 26.3 Å². The van der Waals surface area contributed by atoms with E-state index >= 15 is 0 Å². The molecule has 0 spiro atoms. The zero-order valence-corrected chi connectivity index (χ0v) is 11.2. The van der Waals surface area contributed by atoms with Gasteiger partial charge >= 0.3 is 0 Å². The van der Waals surface area contributed by atoms with Gasteiger partial charge in [0.25, 0.3) is 0 Å². The van der Waals surface area contributed by atoms with Crippen LogP contribution >= 0.6 is 0 Å². The van der Waals surface area contributed by atoms with Crippen molar-refractivity contribution in [3.05, 3.63) is 29.8 Å². The molecule has 0 aliphatic rings. The fourth-order valence-corrected chi connectivity index (χ4v) is 1.10. The second-order valence-electron chi connectivity index (χ2n) is 2.93. The standard InChI is InChI=1S/C11H15NO3.C2H6/c1-9(12-14-3)15-8-10-5-4-6-11(7-10)13-2;1-2/h4-7H,8H2,1-3H3;1-2H3/b12-9-;. The highest BCUT2D eigenvalue weighted by molar-refractivity contribution is 5.72. The lowest BCUT2D eigenvalue weighted by molar-refractivity contribution is 0.187. The lowest BCUT2D eigenvalue weighted by Crippen LogP contribution is -2.00. The molecule has 4 nitrogen and oxygen atoms in total. The first-order valence-electron chi connectivity index (χ1n) is 5.59. The van der Waals surface area contributed by atoms with E-state index in [0.717, 1.165) is 11.3 Å². The Morgan fingerprint density at radius 1 is 1.24 bits per heavy atom. The Bertz CT molecular complexity index is 337. The summed E-state index contributed by atoms with van der Waals surface area (Å²) in [6.45, 7) is 6.19. The summed E-state index contributed by atoms with van der Waals surface area (Å²) in [6.07, 6.45) is 0. The Morgan fingerprint density at radius 3 is 2.53 bits per heavy atom. The highest BCUT2D eigenvalue weighted by atomic mass is 16.6. The third-order valence-corrected chi connectivity index (χ3v) is 1.80. The third kappa shape index (κ3) is 6.45. The molecule has 0 aliphatic heterocycles. The molecular formula is C13H21NO3. The van der Waals surface area contributed by atoms with E-state index in [9.17, 15) is 0 Å². The van der Waals surface area contributed by atoms with Crippen LogP contribution in [-0.4, -0.2) is 20.1 Å². The highest BCUT2D eigenvalue weighted by Gasteiger charge is 1.97. The van der Waals surface area contributed by atoms with Gasteiger partial charge in [-0.25, -0.2) is 0 Å². The van der Waals surface area contributed by atoms with Gasteiger partial charge in [-0.3, -0.25) is 0 Å².